The predicted molar refractivity (Wildman–Crippen MR) is 399 cm³/mol. The molecule has 1 unspecified atom stereocenters. The summed E-state index contributed by atoms with van der Waals surface area (Å²) in [4.78, 5) is 180. The molecule has 580 valence electrons. The van der Waals surface area contributed by atoms with Gasteiger partial charge in [-0.1, -0.05) is 126 Å². The summed E-state index contributed by atoms with van der Waals surface area (Å²) in [7, 11) is 1.95. The molecule has 2 heterocycles. The Hall–Kier alpha value is -10.3. The highest BCUT2D eigenvalue weighted by Gasteiger charge is 2.37. The Morgan fingerprint density at radius 2 is 1.24 bits per heavy atom. The maximum atomic E-state index is 15.1. The highest BCUT2D eigenvalue weighted by atomic mass is 33.1. The van der Waals surface area contributed by atoms with Gasteiger partial charge < -0.3 is 105 Å². The van der Waals surface area contributed by atoms with Crippen LogP contribution in [-0.4, -0.2) is 206 Å². The number of unbranched alkanes of at least 4 members (excludes halogenated alkanes) is 1. The van der Waals surface area contributed by atoms with Crippen molar-refractivity contribution in [2.24, 2.45) is 17.4 Å². The van der Waals surface area contributed by atoms with Crippen molar-refractivity contribution in [2.75, 3.05) is 36.5 Å². The fourth-order valence-electron chi connectivity index (χ4n) is 11.1. The lowest BCUT2D eigenvalue weighted by Gasteiger charge is -2.29. The number of rotatable bonds is 33. The number of aromatic nitrogens is 1. The molecule has 0 radical (unpaired) electrons. The van der Waals surface area contributed by atoms with Gasteiger partial charge in [-0.25, -0.2) is 9.59 Å². The van der Waals surface area contributed by atoms with Gasteiger partial charge in [0.15, 0.2) is 0 Å². The van der Waals surface area contributed by atoms with Crippen molar-refractivity contribution in [3.8, 4) is 0 Å². The van der Waals surface area contributed by atoms with E-state index in [2.05, 4.69) is 68.8 Å². The molecule has 13 amide bonds. The van der Waals surface area contributed by atoms with E-state index in [9.17, 15) is 68.1 Å². The summed E-state index contributed by atoms with van der Waals surface area (Å²) in [5.74, 6) is -10.5. The van der Waals surface area contributed by atoms with Crippen LogP contribution >= 0.6 is 21.6 Å². The normalized spacial score (nSPS) is 19.4. The van der Waals surface area contributed by atoms with E-state index in [0.717, 1.165) is 27.2 Å². The first kappa shape index (κ1) is 85.6. The summed E-state index contributed by atoms with van der Waals surface area (Å²) < 4.78 is 5.46. The maximum Gasteiger partial charge on any atom is 0.407 e. The second-order valence-electron chi connectivity index (χ2n) is 26.1. The molecular formula is C72H97N15O18S2. The van der Waals surface area contributed by atoms with Crippen molar-refractivity contribution in [3.05, 3.63) is 138 Å². The quantitative estimate of drug-likeness (QED) is 0.0195. The number of nitrogens with two attached hydrogens (primary N) is 2. The number of ether oxygens (including phenoxy) is 1. The van der Waals surface area contributed by atoms with Crippen molar-refractivity contribution >= 4 is 115 Å². The molecule has 5 aromatic rings. The summed E-state index contributed by atoms with van der Waals surface area (Å²) in [5.41, 5.74) is 15.0. The van der Waals surface area contributed by atoms with Gasteiger partial charge in [0.1, 0.15) is 54.9 Å². The van der Waals surface area contributed by atoms with Gasteiger partial charge in [0.2, 0.25) is 59.1 Å². The predicted octanol–water partition coefficient (Wildman–Crippen LogP) is 0.0397. The van der Waals surface area contributed by atoms with Crippen molar-refractivity contribution in [3.63, 3.8) is 0 Å². The van der Waals surface area contributed by atoms with Crippen LogP contribution in [0.15, 0.2) is 115 Å². The van der Waals surface area contributed by atoms with E-state index >= 15 is 9.59 Å². The van der Waals surface area contributed by atoms with E-state index < -0.39 is 169 Å². The number of urea groups is 1. The summed E-state index contributed by atoms with van der Waals surface area (Å²) in [6, 6.07) is 16.2. The molecule has 0 bridgehead atoms. The topological polar surface area (TPSA) is 524 Å². The molecule has 21 N–H and O–H groups in total. The molecule has 0 aliphatic carbocycles. The van der Waals surface area contributed by atoms with E-state index in [4.69, 9.17) is 21.3 Å². The van der Waals surface area contributed by atoms with Crippen LogP contribution in [-0.2, 0) is 83.3 Å². The molecule has 1 saturated heterocycles. The number of H-pyrrole nitrogens is 1. The number of carbonyl (C=O) groups excluding carboxylic acids is 12. The molecule has 1 aromatic heterocycles. The number of amides is 13. The number of benzene rings is 4. The third kappa shape index (κ3) is 29.2. The van der Waals surface area contributed by atoms with Crippen LogP contribution in [0.3, 0.4) is 0 Å². The van der Waals surface area contributed by atoms with Gasteiger partial charge in [0, 0.05) is 66.6 Å². The number of carbonyl (C=O) groups is 13. The minimum Gasteiger partial charge on any atom is -0.481 e. The maximum absolute atomic E-state index is 15.1. The van der Waals surface area contributed by atoms with Gasteiger partial charge in [-0.2, -0.15) is 0 Å². The molecule has 0 spiro atoms. The Kier molecular flexibility index (Phi) is 35.2. The minimum atomic E-state index is -1.81. The minimum absolute atomic E-state index is 0.0219. The molecule has 4 aromatic carbocycles. The number of anilines is 1. The smallest absolute Gasteiger partial charge is 0.407 e. The third-order valence-electron chi connectivity index (χ3n) is 17.1. The van der Waals surface area contributed by atoms with E-state index in [1.807, 2.05) is 0 Å². The van der Waals surface area contributed by atoms with Crippen LogP contribution in [0.4, 0.5) is 15.3 Å². The van der Waals surface area contributed by atoms with Gasteiger partial charge in [0.25, 0.3) is 0 Å². The Balaban J connectivity index is 1.22. The summed E-state index contributed by atoms with van der Waals surface area (Å²) >= 11 is 0. The number of para-hydroxylation sites is 1. The number of aliphatic hydroxyl groups is 3. The number of carboxylic acid groups (broad SMARTS) is 1. The molecule has 1 fully saturated rings. The lowest BCUT2D eigenvalue weighted by Crippen LogP contribution is -2.62. The number of fused-ring (bicyclic) bond motifs is 1. The largest absolute Gasteiger partial charge is 0.481 e. The molecule has 1 aliphatic heterocycles. The number of aromatic amines is 1. The highest BCUT2D eigenvalue weighted by molar-refractivity contribution is 8.76. The number of alkyl carbamates (subject to hydrolysis) is 1. The number of aliphatic hydroxyl groups excluding tert-OH is 3. The zero-order chi connectivity index (χ0) is 78.1. The van der Waals surface area contributed by atoms with Crippen molar-refractivity contribution in [1.82, 2.24) is 63.5 Å². The zero-order valence-electron chi connectivity index (χ0n) is 59.8. The van der Waals surface area contributed by atoms with Crippen LogP contribution in [0.2, 0.25) is 0 Å². The highest BCUT2D eigenvalue weighted by Crippen LogP contribution is 2.25. The van der Waals surface area contributed by atoms with Crippen molar-refractivity contribution in [1.29, 1.82) is 0 Å². The van der Waals surface area contributed by atoms with Crippen molar-refractivity contribution < 1.29 is 87.5 Å². The van der Waals surface area contributed by atoms with Crippen LogP contribution in [0, 0.1) is 5.92 Å². The van der Waals surface area contributed by atoms with E-state index in [1.54, 1.807) is 117 Å². The van der Waals surface area contributed by atoms with Gasteiger partial charge in [-0.15, -0.1) is 0 Å². The molecule has 0 saturated carbocycles. The fraction of sp³-hybridized carbons (Fsp3) is 0.458. The number of aliphatic carboxylic acids is 1. The van der Waals surface area contributed by atoms with E-state index in [0.29, 0.717) is 27.6 Å². The second kappa shape index (κ2) is 44.0. The molecular weight excluding hydrogens is 1430 g/mol. The van der Waals surface area contributed by atoms with Gasteiger partial charge in [-0.05, 0) is 98.7 Å². The SMILES string of the molecule is CC(C)[C@H](NC(=O)CCC(=O)O)C(=O)N[C@@H](CCCNC(N)=O)C(=O)Nc1ccc(COC(=O)NCCCC[C@@H]2NC(=O)[C@@H](Cc3c[nH]c4ccccc34)NC(=O)[C@H](Cc3ccccc3)NC(=O)[C@@H](NC(=O)[C@H](N)Cc3ccccc3)CSSC[C@@H](C(=O)N[C@H](CO)[C@@H](C)O)NC(=O)C([C@@H](C)O)NC2=O)cc1. The molecule has 107 heavy (non-hydrogen) atoms. The molecule has 33 nitrogen and oxygen atoms in total. The molecule has 6 rings (SSSR count). The monoisotopic (exact) mass is 1520 g/mol. The van der Waals surface area contributed by atoms with E-state index in [1.165, 1.54) is 26.0 Å². The first-order valence-electron chi connectivity index (χ1n) is 35.0. The lowest BCUT2D eigenvalue weighted by atomic mass is 10.0. The van der Waals surface area contributed by atoms with Crippen LogP contribution in [0.5, 0.6) is 0 Å². The van der Waals surface area contributed by atoms with Gasteiger partial charge in [0.05, 0.1) is 37.3 Å². The molecule has 35 heteroatoms. The Labute approximate surface area is 626 Å². The Bertz CT molecular complexity index is 3820. The molecule has 1 aliphatic rings. The zero-order valence-corrected chi connectivity index (χ0v) is 61.4. The second-order valence-corrected chi connectivity index (χ2v) is 28.6. The average molecular weight is 1520 g/mol. The number of nitrogens with one attached hydrogen (secondary N) is 13. The fourth-order valence-corrected chi connectivity index (χ4v) is 13.4. The van der Waals surface area contributed by atoms with Gasteiger partial charge >= 0.3 is 18.1 Å². The first-order chi connectivity index (χ1) is 51.1. The number of carboxylic acids is 1. The number of primary amides is 1. The first-order valence-corrected chi connectivity index (χ1v) is 37.5. The summed E-state index contributed by atoms with van der Waals surface area (Å²) in [6.45, 7) is 4.88. The third-order valence-corrected chi connectivity index (χ3v) is 19.5. The standard InChI is InChI=1S/C72H97N15O18S2/c1-40(2)60(86-58(91)28-29-59(92)93)69(101)80-52(23-15-31-75-71(74)103)63(95)78-47-26-24-45(25-27-47)37-105-72(104)76-30-14-13-22-51-64(96)87-61(42(4)90)70(102)85-57(68(100)83-55(36-88)41(3)89)39-107-106-38-56(84-62(94)49(73)32-43-16-7-5-8-17-43)67(99)81-53(33-44-18-9-6-10-19-44)65(97)82-54(66(98)79-51)34-46-35-77-50-21-12-11-20-48(46)50/h5-12,16-21,24-27,35,40-42,49,51-57,60-61,77,88-90H,13-15,22-23,28-34,36-39,73H2,1-4H3,(H,76,104)(H,78,95)(H,79,98)(H,80,101)(H,81,99)(H,82,97)(H,83,100)(H,84,94)(H,85,102)(H,86,91)(H,87,96)(H,92,93)(H3,74,75,103)/t41-,42-,49-,51+,52+,53+,54-,55-,56+,57+,60+,61?/m1/s1. The Morgan fingerprint density at radius 3 is 1.89 bits per heavy atom. The molecule has 12 atom stereocenters. The lowest BCUT2D eigenvalue weighted by molar-refractivity contribution is -0.139. The van der Waals surface area contributed by atoms with E-state index in [-0.39, 0.29) is 94.7 Å². The van der Waals surface area contributed by atoms with Crippen LogP contribution in [0.1, 0.15) is 94.9 Å². The van der Waals surface area contributed by atoms with Gasteiger partial charge in [-0.3, -0.25) is 52.7 Å². The summed E-state index contributed by atoms with van der Waals surface area (Å²) in [6.07, 6.45) is -2.95. The van der Waals surface area contributed by atoms with Crippen LogP contribution in [0.25, 0.3) is 10.9 Å². The number of hydrogen-bond acceptors (Lipinski definition) is 20. The van der Waals surface area contributed by atoms with Crippen LogP contribution < -0.4 is 75.3 Å². The van der Waals surface area contributed by atoms with Crippen molar-refractivity contribution in [2.45, 2.75) is 171 Å². The Morgan fingerprint density at radius 1 is 0.626 bits per heavy atom. The number of hydrogen-bond donors (Lipinski definition) is 19. The average Bonchev–Trinajstić information content (AvgIpc) is 1.75. The summed E-state index contributed by atoms with van der Waals surface area (Å²) in [5, 5.41) is 72.9.